The first-order valence-corrected chi connectivity index (χ1v) is 10.6. The second-order valence-corrected chi connectivity index (χ2v) is 7.99. The van der Waals surface area contributed by atoms with Gasteiger partial charge in [-0.25, -0.2) is 8.42 Å². The summed E-state index contributed by atoms with van der Waals surface area (Å²) in [5, 5.41) is 2.63. The quantitative estimate of drug-likeness (QED) is 0.557. The number of nitrogens with one attached hydrogen (secondary N) is 1. The first kappa shape index (κ1) is 22.5. The molecule has 0 aliphatic carbocycles. The van der Waals surface area contributed by atoms with E-state index in [-0.39, 0.29) is 17.9 Å². The van der Waals surface area contributed by atoms with Gasteiger partial charge >= 0.3 is 6.18 Å². The van der Waals surface area contributed by atoms with Crippen molar-refractivity contribution in [2.75, 3.05) is 0 Å². The summed E-state index contributed by atoms with van der Waals surface area (Å²) in [4.78, 5) is 16.0. The van der Waals surface area contributed by atoms with Gasteiger partial charge in [-0.2, -0.15) is 13.2 Å². The minimum atomic E-state index is -4.53. The van der Waals surface area contributed by atoms with Crippen LogP contribution in [0, 0.1) is 6.92 Å². The van der Waals surface area contributed by atoms with Crippen LogP contribution in [0.2, 0.25) is 0 Å². The molecule has 0 aliphatic rings. The molecular weight excluding hydrogens is 429 g/mol. The number of hydrogen-bond donors (Lipinski definition) is 2. The molecule has 0 spiro atoms. The highest BCUT2D eigenvalue weighted by Crippen LogP contribution is 2.27. The number of aryl methyl sites for hydroxylation is 1. The Bertz CT molecular complexity index is 1150. The van der Waals surface area contributed by atoms with E-state index in [1.807, 2.05) is 31.2 Å². The summed E-state index contributed by atoms with van der Waals surface area (Å²) >= 11 is 0. The van der Waals surface area contributed by atoms with E-state index in [1.165, 1.54) is 12.1 Å². The minimum Gasteiger partial charge on any atom is -0.348 e. The fourth-order valence-electron chi connectivity index (χ4n) is 2.96. The van der Waals surface area contributed by atoms with E-state index < -0.39 is 28.5 Å². The van der Waals surface area contributed by atoms with Crippen molar-refractivity contribution in [3.8, 4) is 11.1 Å². The molecule has 1 heterocycles. The number of thiol groups is 1. The maximum absolute atomic E-state index is 12.7. The van der Waals surface area contributed by atoms with E-state index >= 15 is 0 Å². The molecule has 1 N–H and O–H groups in total. The number of amides is 1. The van der Waals surface area contributed by atoms with Gasteiger partial charge < -0.3 is 5.32 Å². The minimum absolute atomic E-state index is 0.0239. The molecule has 0 atom stereocenters. The maximum Gasteiger partial charge on any atom is 0.433 e. The van der Waals surface area contributed by atoms with E-state index in [9.17, 15) is 26.4 Å². The van der Waals surface area contributed by atoms with Gasteiger partial charge in [0.1, 0.15) is 16.4 Å². The lowest BCUT2D eigenvalue weighted by atomic mass is 9.99. The summed E-state index contributed by atoms with van der Waals surface area (Å²) in [6.07, 6.45) is -3.48. The van der Waals surface area contributed by atoms with Gasteiger partial charge in [0.15, 0.2) is 0 Å². The summed E-state index contributed by atoms with van der Waals surface area (Å²) in [5.41, 5.74) is 2.69. The van der Waals surface area contributed by atoms with Crippen molar-refractivity contribution in [1.29, 1.82) is 0 Å². The van der Waals surface area contributed by atoms with Crippen LogP contribution in [0.15, 0.2) is 60.8 Å². The molecule has 0 bridgehead atoms. The molecule has 3 aromatic rings. The Hall–Kier alpha value is -3.20. The van der Waals surface area contributed by atoms with Crippen LogP contribution < -0.4 is 5.32 Å². The molecule has 0 unspecified atom stereocenters. The van der Waals surface area contributed by atoms with E-state index in [4.69, 9.17) is 0 Å². The van der Waals surface area contributed by atoms with Gasteiger partial charge in [-0.3, -0.25) is 9.78 Å². The zero-order valence-corrected chi connectivity index (χ0v) is 17.3. The third kappa shape index (κ3) is 6.14. The molecule has 9 heteroatoms. The molecule has 1 aromatic heterocycles. The Morgan fingerprint density at radius 3 is 2.26 bits per heavy atom. The largest absolute Gasteiger partial charge is 0.433 e. The molecule has 0 aliphatic heterocycles. The third-order valence-electron chi connectivity index (χ3n) is 4.52. The lowest BCUT2D eigenvalue weighted by Gasteiger charge is -2.11. The lowest BCUT2D eigenvalue weighted by Crippen LogP contribution is -2.23. The summed E-state index contributed by atoms with van der Waals surface area (Å²) in [5.74, 6) is -0.686. The Morgan fingerprint density at radius 1 is 0.968 bits per heavy atom. The highest BCUT2D eigenvalue weighted by atomic mass is 32.2. The molecule has 1 amide bonds. The summed E-state index contributed by atoms with van der Waals surface area (Å²) in [6.45, 7) is 1.92. The van der Waals surface area contributed by atoms with Gasteiger partial charge in [-0.05, 0) is 47.4 Å². The number of hydrogen-bond acceptors (Lipinski definition) is 4. The van der Waals surface area contributed by atoms with Crippen molar-refractivity contribution < 1.29 is 26.4 Å². The smallest absolute Gasteiger partial charge is 0.348 e. The van der Waals surface area contributed by atoms with Crippen LogP contribution in [0.1, 0.15) is 32.7 Å². The van der Waals surface area contributed by atoms with Crippen LogP contribution in [-0.2, 0) is 29.2 Å². The molecule has 3 rings (SSSR count). The molecule has 0 radical (unpaired) electrons. The number of pyridine rings is 1. The van der Waals surface area contributed by atoms with Crippen LogP contribution in [0.4, 0.5) is 13.2 Å². The van der Waals surface area contributed by atoms with Gasteiger partial charge in [0.05, 0.1) is 5.75 Å². The zero-order chi connectivity index (χ0) is 22.6. The van der Waals surface area contributed by atoms with Crippen molar-refractivity contribution in [2.24, 2.45) is 0 Å². The summed E-state index contributed by atoms with van der Waals surface area (Å²) in [7, 11) is -2.68. The summed E-state index contributed by atoms with van der Waals surface area (Å²) < 4.78 is 60.2. The molecule has 31 heavy (non-hydrogen) atoms. The molecule has 2 aromatic carbocycles. The number of aromatic nitrogens is 1. The normalized spacial score (nSPS) is 11.5. The van der Waals surface area contributed by atoms with Gasteiger partial charge in [0.2, 0.25) is 0 Å². The molecular formula is C22H19F3N2O3S. The number of alkyl halides is 3. The van der Waals surface area contributed by atoms with Crippen molar-refractivity contribution >= 4 is 16.6 Å². The number of nitrogens with zero attached hydrogens (tertiary/aromatic N) is 1. The Balaban J connectivity index is 1.82. The molecule has 162 valence electrons. The molecule has 0 saturated heterocycles. The van der Waals surface area contributed by atoms with Crippen molar-refractivity contribution in [1.82, 2.24) is 10.3 Å². The van der Waals surface area contributed by atoms with Crippen LogP contribution >= 0.6 is 0 Å². The summed E-state index contributed by atoms with van der Waals surface area (Å²) in [6, 6.07) is 14.5. The Labute approximate surface area is 178 Å². The van der Waals surface area contributed by atoms with Crippen LogP contribution in [0.25, 0.3) is 11.1 Å². The fraction of sp³-hybridized carbons (Fsp3) is 0.182. The second kappa shape index (κ2) is 9.30. The highest BCUT2D eigenvalue weighted by molar-refractivity contribution is 7.71. The molecule has 0 saturated carbocycles. The fourth-order valence-corrected chi connectivity index (χ4v) is 3.44. The standard InChI is InChI=1S/C22H19F3N2O3S/c1-14-2-5-17(6-3-14)18-8-16(13-31(29)30)9-19(10-18)21(28)27-12-15-4-7-20(26-11-15)22(23,24)25/h2-11,31H,12-13H2,1H3,(H,27,28). The van der Waals surface area contributed by atoms with E-state index in [2.05, 4.69) is 10.3 Å². The average molecular weight is 448 g/mol. The van der Waals surface area contributed by atoms with Crippen LogP contribution in [0.3, 0.4) is 0 Å². The van der Waals surface area contributed by atoms with Crippen LogP contribution in [0.5, 0.6) is 0 Å². The van der Waals surface area contributed by atoms with Crippen LogP contribution in [-0.4, -0.2) is 19.3 Å². The topological polar surface area (TPSA) is 76.1 Å². The first-order valence-electron chi connectivity index (χ1n) is 9.25. The second-order valence-electron chi connectivity index (χ2n) is 7.01. The SMILES string of the molecule is Cc1ccc(-c2cc(C[SH](=O)=O)cc(C(=O)NCc3ccc(C(F)(F)F)nc3)c2)cc1. The molecule has 5 nitrogen and oxygen atoms in total. The van der Waals surface area contributed by atoms with Gasteiger partial charge in [0, 0.05) is 18.3 Å². The highest BCUT2D eigenvalue weighted by Gasteiger charge is 2.32. The van der Waals surface area contributed by atoms with Crippen molar-refractivity contribution in [2.45, 2.75) is 25.4 Å². The third-order valence-corrected chi connectivity index (χ3v) is 5.14. The number of rotatable bonds is 6. The monoisotopic (exact) mass is 448 g/mol. The predicted molar refractivity (Wildman–Crippen MR) is 111 cm³/mol. The number of halogens is 3. The van der Waals surface area contributed by atoms with E-state index in [1.54, 1.807) is 12.1 Å². The number of carbonyl (C=O) groups excluding carboxylic acids is 1. The predicted octanol–water partition coefficient (Wildman–Crippen LogP) is 4.12. The van der Waals surface area contributed by atoms with E-state index in [0.29, 0.717) is 16.7 Å². The average Bonchev–Trinajstić information content (AvgIpc) is 2.71. The molecule has 0 fully saturated rings. The number of benzene rings is 2. The Kier molecular flexibility index (Phi) is 6.74. The maximum atomic E-state index is 12.7. The van der Waals surface area contributed by atoms with E-state index in [0.717, 1.165) is 23.4 Å². The number of carbonyl (C=O) groups is 1. The lowest BCUT2D eigenvalue weighted by molar-refractivity contribution is -0.141. The van der Waals surface area contributed by atoms with Gasteiger partial charge in [0.25, 0.3) is 5.91 Å². The van der Waals surface area contributed by atoms with Gasteiger partial charge in [-0.15, -0.1) is 0 Å². The Morgan fingerprint density at radius 2 is 1.68 bits per heavy atom. The first-order chi connectivity index (χ1) is 14.6. The van der Waals surface area contributed by atoms with Crippen molar-refractivity contribution in [3.05, 3.63) is 88.7 Å². The van der Waals surface area contributed by atoms with Crippen molar-refractivity contribution in [3.63, 3.8) is 0 Å². The van der Waals surface area contributed by atoms with Gasteiger partial charge in [-0.1, -0.05) is 42.0 Å². The zero-order valence-electron chi connectivity index (χ0n) is 16.4.